The summed E-state index contributed by atoms with van der Waals surface area (Å²) in [5.41, 5.74) is 2.62. The first-order chi connectivity index (χ1) is 7.20. The lowest BCUT2D eigenvalue weighted by Crippen LogP contribution is -1.82. The van der Waals surface area contributed by atoms with Crippen molar-refractivity contribution < 1.29 is 5.11 Å². The summed E-state index contributed by atoms with van der Waals surface area (Å²) in [6.07, 6.45) is 0. The number of phenols is 1. The molecule has 0 bridgehead atoms. The van der Waals surface area contributed by atoms with E-state index in [0.717, 1.165) is 16.7 Å². The van der Waals surface area contributed by atoms with Crippen LogP contribution in [-0.4, -0.2) is 5.11 Å². The van der Waals surface area contributed by atoms with Crippen molar-refractivity contribution in [1.29, 1.82) is 0 Å². The molecule has 0 unspecified atom stereocenters. The number of benzene rings is 2. The van der Waals surface area contributed by atoms with Crippen molar-refractivity contribution in [3.05, 3.63) is 53.1 Å². The van der Waals surface area contributed by atoms with Gasteiger partial charge in [0.15, 0.2) is 0 Å². The van der Waals surface area contributed by atoms with Gasteiger partial charge in [-0.1, -0.05) is 54.1 Å². The van der Waals surface area contributed by atoms with Crippen molar-refractivity contribution in [1.82, 2.24) is 0 Å². The van der Waals surface area contributed by atoms with Crippen LogP contribution >= 0.6 is 11.6 Å². The van der Waals surface area contributed by atoms with Crippen molar-refractivity contribution in [3.8, 4) is 16.9 Å². The molecule has 0 aliphatic heterocycles. The largest absolute Gasteiger partial charge is 0.506 e. The molecule has 0 heterocycles. The summed E-state index contributed by atoms with van der Waals surface area (Å²) in [5, 5.41) is 10.3. The zero-order valence-electron chi connectivity index (χ0n) is 8.37. The van der Waals surface area contributed by atoms with Gasteiger partial charge in [0.1, 0.15) is 5.75 Å². The molecule has 2 rings (SSSR count). The van der Waals surface area contributed by atoms with Gasteiger partial charge in [-0.3, -0.25) is 0 Å². The molecular weight excluding hydrogens is 208 g/mol. The lowest BCUT2D eigenvalue weighted by Gasteiger charge is -2.08. The maximum Gasteiger partial charge on any atom is 0.142 e. The zero-order valence-corrected chi connectivity index (χ0v) is 9.12. The molecule has 0 radical (unpaired) electrons. The lowest BCUT2D eigenvalue weighted by molar-refractivity contribution is 0.477. The molecule has 2 heteroatoms. The smallest absolute Gasteiger partial charge is 0.142 e. The predicted octanol–water partition coefficient (Wildman–Crippen LogP) is 4.02. The molecule has 2 aromatic carbocycles. The quantitative estimate of drug-likeness (QED) is 0.767. The highest BCUT2D eigenvalue weighted by Crippen LogP contribution is 2.36. The molecule has 1 N–H and O–H groups in total. The molecule has 0 amide bonds. The van der Waals surface area contributed by atoms with Gasteiger partial charge < -0.3 is 5.11 Å². The average Bonchev–Trinajstić information content (AvgIpc) is 2.27. The third kappa shape index (κ3) is 1.83. The number of halogens is 1. The topological polar surface area (TPSA) is 20.2 Å². The number of hydrogen-bond acceptors (Lipinski definition) is 1. The number of aryl methyl sites for hydroxylation is 1. The van der Waals surface area contributed by atoms with Gasteiger partial charge in [-0.2, -0.15) is 0 Å². The van der Waals surface area contributed by atoms with Crippen LogP contribution < -0.4 is 0 Å². The summed E-state index contributed by atoms with van der Waals surface area (Å²) in [7, 11) is 0. The second-order valence-electron chi connectivity index (χ2n) is 3.46. The first kappa shape index (κ1) is 10.1. The third-order valence-corrected chi connectivity index (χ3v) is 2.87. The van der Waals surface area contributed by atoms with Gasteiger partial charge in [0.05, 0.1) is 5.02 Å². The van der Waals surface area contributed by atoms with Crippen LogP contribution in [-0.2, 0) is 0 Å². The van der Waals surface area contributed by atoms with Crippen molar-refractivity contribution in [2.75, 3.05) is 0 Å². The molecule has 1 nitrogen and oxygen atoms in total. The van der Waals surface area contributed by atoms with Gasteiger partial charge >= 0.3 is 0 Å². The van der Waals surface area contributed by atoms with Gasteiger partial charge in [-0.05, 0) is 18.1 Å². The van der Waals surface area contributed by atoms with Gasteiger partial charge in [-0.15, -0.1) is 0 Å². The van der Waals surface area contributed by atoms with Crippen LogP contribution in [0.2, 0.25) is 5.02 Å². The maximum absolute atomic E-state index is 9.90. The van der Waals surface area contributed by atoms with Crippen molar-refractivity contribution >= 4 is 11.6 Å². The zero-order chi connectivity index (χ0) is 10.8. The third-order valence-electron chi connectivity index (χ3n) is 2.39. The Bertz CT molecular complexity index is 477. The van der Waals surface area contributed by atoms with E-state index in [1.165, 1.54) is 0 Å². The maximum atomic E-state index is 9.90. The summed E-state index contributed by atoms with van der Waals surface area (Å²) in [5.74, 6) is 0.155. The van der Waals surface area contributed by atoms with Crippen LogP contribution in [0.25, 0.3) is 11.1 Å². The minimum absolute atomic E-state index is 0.155. The molecule has 0 saturated heterocycles. The highest BCUT2D eigenvalue weighted by molar-refractivity contribution is 6.33. The van der Waals surface area contributed by atoms with Crippen molar-refractivity contribution in [2.24, 2.45) is 0 Å². The monoisotopic (exact) mass is 218 g/mol. The first-order valence-electron chi connectivity index (χ1n) is 4.73. The highest BCUT2D eigenvalue weighted by atomic mass is 35.5. The van der Waals surface area contributed by atoms with E-state index >= 15 is 0 Å². The standard InChI is InChI=1S/C13H11ClO/c1-9-7-8-11(13(15)12(9)14)10-5-3-2-4-6-10/h2-8,15H,1H3. The minimum atomic E-state index is 0.155. The Morgan fingerprint density at radius 3 is 2.33 bits per heavy atom. The van der Waals surface area contributed by atoms with Crippen LogP contribution in [0.15, 0.2) is 42.5 Å². The molecule has 2 aromatic rings. The molecule has 0 atom stereocenters. The molecule has 0 aliphatic carbocycles. The summed E-state index contributed by atoms with van der Waals surface area (Å²) in [4.78, 5) is 0. The number of hydrogen-bond donors (Lipinski definition) is 1. The van der Waals surface area contributed by atoms with Crippen LogP contribution in [0, 0.1) is 6.92 Å². The Morgan fingerprint density at radius 2 is 1.67 bits per heavy atom. The van der Waals surface area contributed by atoms with Crippen LogP contribution in [0.5, 0.6) is 5.75 Å². The van der Waals surface area contributed by atoms with Crippen LogP contribution in [0.1, 0.15) is 5.56 Å². The molecule has 15 heavy (non-hydrogen) atoms. The molecule has 76 valence electrons. The van der Waals surface area contributed by atoms with Gasteiger partial charge in [-0.25, -0.2) is 0 Å². The lowest BCUT2D eigenvalue weighted by atomic mass is 10.0. The second kappa shape index (κ2) is 3.95. The fourth-order valence-electron chi connectivity index (χ4n) is 1.52. The summed E-state index contributed by atoms with van der Waals surface area (Å²) < 4.78 is 0. The van der Waals surface area contributed by atoms with E-state index in [9.17, 15) is 5.11 Å². The van der Waals surface area contributed by atoms with Gasteiger partial charge in [0.2, 0.25) is 0 Å². The normalized spacial score (nSPS) is 10.3. The number of rotatable bonds is 1. The van der Waals surface area contributed by atoms with Crippen LogP contribution in [0.3, 0.4) is 0 Å². The first-order valence-corrected chi connectivity index (χ1v) is 5.11. The number of phenolic OH excluding ortho intramolecular Hbond substituents is 1. The highest BCUT2D eigenvalue weighted by Gasteiger charge is 2.09. The predicted molar refractivity (Wildman–Crippen MR) is 63.3 cm³/mol. The molecular formula is C13H11ClO. The summed E-state index contributed by atoms with van der Waals surface area (Å²) in [6.45, 7) is 1.87. The SMILES string of the molecule is Cc1ccc(-c2ccccc2)c(O)c1Cl. The van der Waals surface area contributed by atoms with E-state index in [-0.39, 0.29) is 5.75 Å². The minimum Gasteiger partial charge on any atom is -0.506 e. The summed E-state index contributed by atoms with van der Waals surface area (Å²) >= 11 is 5.98. The van der Waals surface area contributed by atoms with Crippen molar-refractivity contribution in [2.45, 2.75) is 6.92 Å². The van der Waals surface area contributed by atoms with E-state index in [2.05, 4.69) is 0 Å². The van der Waals surface area contributed by atoms with E-state index in [0.29, 0.717) is 5.02 Å². The fraction of sp³-hybridized carbons (Fsp3) is 0.0769. The van der Waals surface area contributed by atoms with E-state index in [1.807, 2.05) is 49.4 Å². The molecule has 0 aliphatic rings. The molecule has 0 aromatic heterocycles. The van der Waals surface area contributed by atoms with Gasteiger partial charge in [0.25, 0.3) is 0 Å². The van der Waals surface area contributed by atoms with Crippen molar-refractivity contribution in [3.63, 3.8) is 0 Å². The summed E-state index contributed by atoms with van der Waals surface area (Å²) in [6, 6.07) is 13.5. The molecule has 0 fully saturated rings. The fourth-order valence-corrected chi connectivity index (χ4v) is 1.68. The Hall–Kier alpha value is -1.47. The average molecular weight is 219 g/mol. The van der Waals surface area contributed by atoms with E-state index < -0.39 is 0 Å². The Morgan fingerprint density at radius 1 is 1.00 bits per heavy atom. The van der Waals surface area contributed by atoms with E-state index in [1.54, 1.807) is 0 Å². The second-order valence-corrected chi connectivity index (χ2v) is 3.84. The number of aromatic hydroxyl groups is 1. The van der Waals surface area contributed by atoms with Crippen LogP contribution in [0.4, 0.5) is 0 Å². The Kier molecular flexibility index (Phi) is 2.65. The Balaban J connectivity index is 2.60. The molecule has 0 saturated carbocycles. The Labute approximate surface area is 94.0 Å². The van der Waals surface area contributed by atoms with Gasteiger partial charge in [0, 0.05) is 5.56 Å². The van der Waals surface area contributed by atoms with E-state index in [4.69, 9.17) is 11.6 Å². The molecule has 0 spiro atoms.